The third-order valence-corrected chi connectivity index (χ3v) is 5.40. The highest BCUT2D eigenvalue weighted by molar-refractivity contribution is 6.31. The van der Waals surface area contributed by atoms with Gasteiger partial charge in [-0.05, 0) is 61.4 Å². The number of nitrogens with zero attached hydrogens (tertiary/aromatic N) is 3. The lowest BCUT2D eigenvalue weighted by Crippen LogP contribution is -2.45. The number of benzene rings is 2. The molecular formula is C23H22ClN5O2. The zero-order valence-electron chi connectivity index (χ0n) is 16.8. The first-order valence-electron chi connectivity index (χ1n) is 10.0. The lowest BCUT2D eigenvalue weighted by Gasteiger charge is -2.33. The van der Waals surface area contributed by atoms with Crippen molar-refractivity contribution in [2.45, 2.75) is 18.9 Å². The van der Waals surface area contributed by atoms with E-state index in [1.807, 2.05) is 17.0 Å². The molecular weight excluding hydrogens is 414 g/mol. The fourth-order valence-electron chi connectivity index (χ4n) is 3.61. The Morgan fingerprint density at radius 3 is 2.77 bits per heavy atom. The van der Waals surface area contributed by atoms with Gasteiger partial charge in [-0.15, -0.1) is 0 Å². The van der Waals surface area contributed by atoms with Crippen LogP contribution in [0.4, 0.5) is 11.6 Å². The molecule has 0 aliphatic carbocycles. The summed E-state index contributed by atoms with van der Waals surface area (Å²) in [5.41, 5.74) is 2.01. The van der Waals surface area contributed by atoms with Crippen LogP contribution in [-0.4, -0.2) is 45.8 Å². The zero-order chi connectivity index (χ0) is 21.8. The number of hydrogen-bond acceptors (Lipinski definition) is 5. The van der Waals surface area contributed by atoms with Crippen molar-refractivity contribution in [2.75, 3.05) is 23.7 Å². The fourth-order valence-corrected chi connectivity index (χ4v) is 3.79. The van der Waals surface area contributed by atoms with Crippen molar-refractivity contribution in [1.29, 1.82) is 0 Å². The van der Waals surface area contributed by atoms with E-state index in [1.165, 1.54) is 6.08 Å². The summed E-state index contributed by atoms with van der Waals surface area (Å²) >= 11 is 6.02. The quantitative estimate of drug-likeness (QED) is 0.588. The summed E-state index contributed by atoms with van der Waals surface area (Å²) in [6.07, 6.45) is 4.77. The predicted octanol–water partition coefficient (Wildman–Crippen LogP) is 4.12. The van der Waals surface area contributed by atoms with Gasteiger partial charge in [-0.3, -0.25) is 9.59 Å². The normalized spacial score (nSPS) is 16.0. The van der Waals surface area contributed by atoms with Gasteiger partial charge in [-0.2, -0.15) is 0 Å². The van der Waals surface area contributed by atoms with Gasteiger partial charge in [0.05, 0.1) is 5.52 Å². The molecule has 3 aromatic rings. The van der Waals surface area contributed by atoms with Crippen molar-refractivity contribution in [3.8, 4) is 0 Å². The van der Waals surface area contributed by atoms with Gasteiger partial charge in [-0.1, -0.05) is 18.2 Å². The molecule has 8 heteroatoms. The molecule has 1 fully saturated rings. The highest BCUT2D eigenvalue weighted by Gasteiger charge is 2.25. The van der Waals surface area contributed by atoms with Crippen LogP contribution < -0.4 is 10.6 Å². The van der Waals surface area contributed by atoms with Gasteiger partial charge in [-0.25, -0.2) is 9.97 Å². The third kappa shape index (κ3) is 5.00. The van der Waals surface area contributed by atoms with E-state index in [0.717, 1.165) is 23.7 Å². The van der Waals surface area contributed by atoms with Gasteiger partial charge in [0, 0.05) is 47.0 Å². The standard InChI is InChI=1S/C23H22ClN5O2/c1-2-21(30)26-18-8-5-15(6-9-18)22(31)29-11-3-4-19(14-29)27-23-25-13-16-12-17(24)7-10-20(16)28-23/h2,5-10,12-13,19H,1,3-4,11,14H2,(H,26,30)(H,25,27,28). The Morgan fingerprint density at radius 2 is 2.00 bits per heavy atom. The largest absolute Gasteiger partial charge is 0.350 e. The molecule has 31 heavy (non-hydrogen) atoms. The van der Waals surface area contributed by atoms with Crippen LogP contribution in [0, 0.1) is 0 Å². The van der Waals surface area contributed by atoms with Gasteiger partial charge in [0.1, 0.15) is 0 Å². The molecule has 4 rings (SSSR count). The molecule has 1 atom stereocenters. The van der Waals surface area contributed by atoms with Crippen LogP contribution in [0.25, 0.3) is 10.9 Å². The second-order valence-corrected chi connectivity index (χ2v) is 7.84. The van der Waals surface area contributed by atoms with E-state index in [9.17, 15) is 9.59 Å². The minimum atomic E-state index is -0.289. The molecule has 7 nitrogen and oxygen atoms in total. The Labute approximate surface area is 185 Å². The number of rotatable bonds is 5. The van der Waals surface area contributed by atoms with Crippen LogP contribution in [0.5, 0.6) is 0 Å². The molecule has 158 valence electrons. The number of fused-ring (bicyclic) bond motifs is 1. The fraction of sp³-hybridized carbons (Fsp3) is 0.217. The summed E-state index contributed by atoms with van der Waals surface area (Å²) < 4.78 is 0. The molecule has 2 N–H and O–H groups in total. The maximum absolute atomic E-state index is 12.9. The number of halogens is 1. The van der Waals surface area contributed by atoms with Crippen molar-refractivity contribution in [3.63, 3.8) is 0 Å². The predicted molar refractivity (Wildman–Crippen MR) is 122 cm³/mol. The Hall–Kier alpha value is -3.45. The monoisotopic (exact) mass is 435 g/mol. The first kappa shape index (κ1) is 20.8. The summed E-state index contributed by atoms with van der Waals surface area (Å²) in [4.78, 5) is 35.1. The molecule has 1 saturated heterocycles. The van der Waals surface area contributed by atoms with Gasteiger partial charge < -0.3 is 15.5 Å². The number of carbonyl (C=O) groups is 2. The maximum Gasteiger partial charge on any atom is 0.253 e. The number of likely N-dealkylation sites (tertiary alicyclic amines) is 1. The average molecular weight is 436 g/mol. The van der Waals surface area contributed by atoms with E-state index in [-0.39, 0.29) is 17.9 Å². The Kier molecular flexibility index (Phi) is 6.13. The summed E-state index contributed by atoms with van der Waals surface area (Å²) in [5, 5.41) is 7.56. The van der Waals surface area contributed by atoms with Crippen LogP contribution in [0.3, 0.4) is 0 Å². The third-order valence-electron chi connectivity index (χ3n) is 5.17. The number of carbonyl (C=O) groups excluding carboxylic acids is 2. The van der Waals surface area contributed by atoms with E-state index in [4.69, 9.17) is 11.6 Å². The van der Waals surface area contributed by atoms with Gasteiger partial charge >= 0.3 is 0 Å². The van der Waals surface area contributed by atoms with E-state index in [0.29, 0.717) is 35.3 Å². The zero-order valence-corrected chi connectivity index (χ0v) is 17.6. The number of amides is 2. The maximum atomic E-state index is 12.9. The minimum Gasteiger partial charge on any atom is -0.350 e. The highest BCUT2D eigenvalue weighted by atomic mass is 35.5. The number of nitrogens with one attached hydrogen (secondary N) is 2. The molecule has 1 aliphatic rings. The van der Waals surface area contributed by atoms with E-state index in [1.54, 1.807) is 36.5 Å². The van der Waals surface area contributed by atoms with E-state index < -0.39 is 0 Å². The molecule has 0 radical (unpaired) electrons. The molecule has 0 spiro atoms. The van der Waals surface area contributed by atoms with Crippen molar-refractivity contribution >= 4 is 46.0 Å². The molecule has 2 heterocycles. The van der Waals surface area contributed by atoms with Crippen molar-refractivity contribution in [2.24, 2.45) is 0 Å². The summed E-state index contributed by atoms with van der Waals surface area (Å²) in [7, 11) is 0. The number of aromatic nitrogens is 2. The van der Waals surface area contributed by atoms with Gasteiger partial charge in [0.25, 0.3) is 5.91 Å². The van der Waals surface area contributed by atoms with Crippen molar-refractivity contribution in [1.82, 2.24) is 14.9 Å². The molecule has 2 amide bonds. The molecule has 0 saturated carbocycles. The minimum absolute atomic E-state index is 0.0397. The number of hydrogen-bond donors (Lipinski definition) is 2. The van der Waals surface area contributed by atoms with Crippen LogP contribution >= 0.6 is 11.6 Å². The number of piperidine rings is 1. The lowest BCUT2D eigenvalue weighted by molar-refractivity contribution is -0.111. The average Bonchev–Trinajstić information content (AvgIpc) is 2.79. The molecule has 2 aromatic carbocycles. The highest BCUT2D eigenvalue weighted by Crippen LogP contribution is 2.21. The SMILES string of the molecule is C=CC(=O)Nc1ccc(C(=O)N2CCCC(Nc3ncc4cc(Cl)ccc4n3)C2)cc1. The molecule has 0 bridgehead atoms. The lowest BCUT2D eigenvalue weighted by atomic mass is 10.0. The molecule has 1 unspecified atom stereocenters. The first-order valence-corrected chi connectivity index (χ1v) is 10.4. The number of anilines is 2. The van der Waals surface area contributed by atoms with Gasteiger partial charge in [0.2, 0.25) is 11.9 Å². The van der Waals surface area contributed by atoms with Crippen molar-refractivity contribution < 1.29 is 9.59 Å². The van der Waals surface area contributed by atoms with Crippen LogP contribution in [0.1, 0.15) is 23.2 Å². The Bertz CT molecular complexity index is 1130. The van der Waals surface area contributed by atoms with Crippen LogP contribution in [0.2, 0.25) is 5.02 Å². The van der Waals surface area contributed by atoms with Crippen molar-refractivity contribution in [3.05, 3.63) is 71.9 Å². The van der Waals surface area contributed by atoms with Crippen LogP contribution in [0.15, 0.2) is 61.3 Å². The van der Waals surface area contributed by atoms with E-state index >= 15 is 0 Å². The molecule has 1 aromatic heterocycles. The second-order valence-electron chi connectivity index (χ2n) is 7.40. The van der Waals surface area contributed by atoms with Gasteiger partial charge in [0.15, 0.2) is 0 Å². The summed E-state index contributed by atoms with van der Waals surface area (Å²) in [6, 6.07) is 12.4. The Morgan fingerprint density at radius 1 is 1.19 bits per heavy atom. The Balaban J connectivity index is 1.41. The summed E-state index contributed by atoms with van der Waals surface area (Å²) in [5.74, 6) is 0.210. The topological polar surface area (TPSA) is 87.2 Å². The molecule has 1 aliphatic heterocycles. The smallest absolute Gasteiger partial charge is 0.253 e. The first-order chi connectivity index (χ1) is 15.0. The van der Waals surface area contributed by atoms with E-state index in [2.05, 4.69) is 27.2 Å². The second kappa shape index (κ2) is 9.14. The summed E-state index contributed by atoms with van der Waals surface area (Å²) in [6.45, 7) is 4.69. The van der Waals surface area contributed by atoms with Crippen LogP contribution in [-0.2, 0) is 4.79 Å².